The van der Waals surface area contributed by atoms with Gasteiger partial charge in [-0.25, -0.2) is 0 Å². The molecule has 0 aliphatic heterocycles. The van der Waals surface area contributed by atoms with Crippen molar-refractivity contribution in [3.8, 4) is 0 Å². The molecule has 2 aromatic rings. The average Bonchev–Trinajstić information content (AvgIpc) is 3.05. The summed E-state index contributed by atoms with van der Waals surface area (Å²) in [4.78, 5) is 15.8. The molecule has 6 nitrogen and oxygen atoms in total. The standard InChI is InChI=1S/C12H15N3O3S/c1-17-4-2-10-14-12(18-15-10)7-13-11(16)6-9-3-5-19-8-9/h3,5,8H,2,4,6-7H2,1H3,(H,13,16). The number of amides is 1. The molecule has 102 valence electrons. The second-order valence-corrected chi connectivity index (χ2v) is 4.71. The van der Waals surface area contributed by atoms with E-state index in [-0.39, 0.29) is 12.5 Å². The van der Waals surface area contributed by atoms with Gasteiger partial charge in [-0.15, -0.1) is 0 Å². The fourth-order valence-electron chi connectivity index (χ4n) is 1.47. The molecule has 0 aromatic carbocycles. The van der Waals surface area contributed by atoms with E-state index in [1.54, 1.807) is 18.4 Å². The number of nitrogens with zero attached hydrogens (tertiary/aromatic N) is 2. The van der Waals surface area contributed by atoms with Crippen molar-refractivity contribution in [3.63, 3.8) is 0 Å². The van der Waals surface area contributed by atoms with Crippen molar-refractivity contribution in [2.45, 2.75) is 19.4 Å². The Morgan fingerprint density at radius 1 is 1.58 bits per heavy atom. The molecule has 7 heteroatoms. The SMILES string of the molecule is COCCc1noc(CNC(=O)Cc2ccsc2)n1. The van der Waals surface area contributed by atoms with Crippen molar-refractivity contribution >= 4 is 17.2 Å². The Morgan fingerprint density at radius 2 is 2.47 bits per heavy atom. The van der Waals surface area contributed by atoms with E-state index in [1.807, 2.05) is 16.8 Å². The van der Waals surface area contributed by atoms with Crippen LogP contribution in [0.15, 0.2) is 21.3 Å². The second-order valence-electron chi connectivity index (χ2n) is 3.93. The summed E-state index contributed by atoms with van der Waals surface area (Å²) in [7, 11) is 1.62. The van der Waals surface area contributed by atoms with Crippen LogP contribution in [0.25, 0.3) is 0 Å². The maximum Gasteiger partial charge on any atom is 0.246 e. The lowest BCUT2D eigenvalue weighted by molar-refractivity contribution is -0.120. The highest BCUT2D eigenvalue weighted by molar-refractivity contribution is 7.07. The Morgan fingerprint density at radius 3 is 3.21 bits per heavy atom. The number of rotatable bonds is 7. The summed E-state index contributed by atoms with van der Waals surface area (Å²) >= 11 is 1.57. The number of carbonyl (C=O) groups is 1. The lowest BCUT2D eigenvalue weighted by atomic mass is 10.2. The minimum Gasteiger partial charge on any atom is -0.384 e. The molecule has 0 aliphatic rings. The van der Waals surface area contributed by atoms with Gasteiger partial charge in [0.25, 0.3) is 0 Å². The van der Waals surface area contributed by atoms with Gasteiger partial charge in [0.05, 0.1) is 19.6 Å². The van der Waals surface area contributed by atoms with Crippen LogP contribution in [0.4, 0.5) is 0 Å². The molecule has 0 radical (unpaired) electrons. The predicted octanol–water partition coefficient (Wildman–Crippen LogP) is 1.18. The lowest BCUT2D eigenvalue weighted by Gasteiger charge is -2.00. The van der Waals surface area contributed by atoms with Gasteiger partial charge < -0.3 is 14.6 Å². The van der Waals surface area contributed by atoms with Gasteiger partial charge in [0.2, 0.25) is 11.8 Å². The van der Waals surface area contributed by atoms with Crippen molar-refractivity contribution in [3.05, 3.63) is 34.1 Å². The fraction of sp³-hybridized carbons (Fsp3) is 0.417. The van der Waals surface area contributed by atoms with Crippen molar-refractivity contribution in [1.82, 2.24) is 15.5 Å². The van der Waals surface area contributed by atoms with Crippen LogP contribution in [0.1, 0.15) is 17.3 Å². The molecule has 0 saturated carbocycles. The summed E-state index contributed by atoms with van der Waals surface area (Å²) in [6.07, 6.45) is 0.969. The third kappa shape index (κ3) is 4.46. The Hall–Kier alpha value is -1.73. The predicted molar refractivity (Wildman–Crippen MR) is 69.7 cm³/mol. The number of thiophene rings is 1. The first kappa shape index (κ1) is 13.7. The van der Waals surface area contributed by atoms with Gasteiger partial charge in [-0.1, -0.05) is 5.16 Å². The van der Waals surface area contributed by atoms with Gasteiger partial charge in [0.15, 0.2) is 5.82 Å². The Balaban J connectivity index is 1.75. The third-order valence-electron chi connectivity index (χ3n) is 2.42. The van der Waals surface area contributed by atoms with Crippen molar-refractivity contribution in [2.24, 2.45) is 0 Å². The molecular weight excluding hydrogens is 266 g/mol. The van der Waals surface area contributed by atoms with E-state index in [4.69, 9.17) is 9.26 Å². The van der Waals surface area contributed by atoms with Gasteiger partial charge in [0.1, 0.15) is 0 Å². The highest BCUT2D eigenvalue weighted by Crippen LogP contribution is 2.06. The summed E-state index contributed by atoms with van der Waals surface area (Å²) in [6, 6.07) is 1.93. The van der Waals surface area contributed by atoms with E-state index >= 15 is 0 Å². The summed E-state index contributed by atoms with van der Waals surface area (Å²) < 4.78 is 9.94. The van der Waals surface area contributed by atoms with Gasteiger partial charge >= 0.3 is 0 Å². The van der Waals surface area contributed by atoms with E-state index in [0.717, 1.165) is 5.56 Å². The molecule has 2 heterocycles. The number of nitrogens with one attached hydrogen (secondary N) is 1. The van der Waals surface area contributed by atoms with Crippen LogP contribution in [0.3, 0.4) is 0 Å². The topological polar surface area (TPSA) is 77.3 Å². The first-order valence-corrected chi connectivity index (χ1v) is 6.80. The molecule has 2 rings (SSSR count). The first-order valence-electron chi connectivity index (χ1n) is 5.86. The first-order chi connectivity index (χ1) is 9.28. The van der Waals surface area contributed by atoms with Crippen LogP contribution < -0.4 is 5.32 Å². The normalized spacial score (nSPS) is 10.6. The minimum atomic E-state index is -0.0601. The van der Waals surface area contributed by atoms with Crippen LogP contribution in [-0.4, -0.2) is 29.8 Å². The minimum absolute atomic E-state index is 0.0601. The zero-order chi connectivity index (χ0) is 13.5. The molecule has 19 heavy (non-hydrogen) atoms. The highest BCUT2D eigenvalue weighted by atomic mass is 32.1. The molecule has 1 amide bonds. The van der Waals surface area contributed by atoms with Crippen LogP contribution in [0.2, 0.25) is 0 Å². The van der Waals surface area contributed by atoms with Gasteiger partial charge in [-0.3, -0.25) is 4.79 Å². The molecule has 0 unspecified atom stereocenters. The smallest absolute Gasteiger partial charge is 0.246 e. The van der Waals surface area contributed by atoms with E-state index in [2.05, 4.69) is 15.5 Å². The van der Waals surface area contributed by atoms with E-state index in [9.17, 15) is 4.79 Å². The van der Waals surface area contributed by atoms with Gasteiger partial charge in [-0.05, 0) is 22.4 Å². The van der Waals surface area contributed by atoms with Crippen molar-refractivity contribution < 1.29 is 14.1 Å². The maximum absolute atomic E-state index is 11.6. The van der Waals surface area contributed by atoms with Crippen molar-refractivity contribution in [2.75, 3.05) is 13.7 Å². The van der Waals surface area contributed by atoms with Crippen LogP contribution >= 0.6 is 11.3 Å². The average molecular weight is 281 g/mol. The van der Waals surface area contributed by atoms with Crippen LogP contribution in [-0.2, 0) is 28.9 Å². The lowest BCUT2D eigenvalue weighted by Crippen LogP contribution is -2.24. The number of aromatic nitrogens is 2. The summed E-state index contributed by atoms with van der Waals surface area (Å²) in [5.41, 5.74) is 1.01. The Labute approximate surface area is 114 Å². The second kappa shape index (κ2) is 7.01. The summed E-state index contributed by atoms with van der Waals surface area (Å²) in [5, 5.41) is 10.4. The number of hydrogen-bond donors (Lipinski definition) is 1. The quantitative estimate of drug-likeness (QED) is 0.824. The molecule has 0 saturated heterocycles. The largest absolute Gasteiger partial charge is 0.384 e. The molecular formula is C12H15N3O3S. The molecule has 0 aliphatic carbocycles. The summed E-state index contributed by atoms with van der Waals surface area (Å²) in [5.74, 6) is 0.934. The number of hydrogen-bond acceptors (Lipinski definition) is 6. The maximum atomic E-state index is 11.6. The fourth-order valence-corrected chi connectivity index (χ4v) is 2.14. The van der Waals surface area contributed by atoms with Crippen molar-refractivity contribution in [1.29, 1.82) is 0 Å². The zero-order valence-electron chi connectivity index (χ0n) is 10.6. The Bertz CT molecular complexity index is 510. The molecule has 0 bridgehead atoms. The molecule has 0 atom stereocenters. The number of methoxy groups -OCH3 is 1. The van der Waals surface area contributed by atoms with E-state index < -0.39 is 0 Å². The van der Waals surface area contributed by atoms with E-state index in [1.165, 1.54) is 0 Å². The molecule has 0 fully saturated rings. The highest BCUT2D eigenvalue weighted by Gasteiger charge is 2.08. The van der Waals surface area contributed by atoms with Gasteiger partial charge in [-0.2, -0.15) is 16.3 Å². The molecule has 2 aromatic heterocycles. The van der Waals surface area contributed by atoms with Gasteiger partial charge in [0, 0.05) is 13.5 Å². The molecule has 1 N–H and O–H groups in total. The monoisotopic (exact) mass is 281 g/mol. The molecule has 0 spiro atoms. The van der Waals surface area contributed by atoms with Crippen LogP contribution in [0, 0.1) is 0 Å². The van der Waals surface area contributed by atoms with E-state index in [0.29, 0.717) is 31.2 Å². The zero-order valence-corrected chi connectivity index (χ0v) is 11.4. The Kier molecular flexibility index (Phi) is 5.05. The summed E-state index contributed by atoms with van der Waals surface area (Å²) in [6.45, 7) is 0.798. The number of carbonyl (C=O) groups excluding carboxylic acids is 1. The third-order valence-corrected chi connectivity index (χ3v) is 3.15. The van der Waals surface area contributed by atoms with Crippen LogP contribution in [0.5, 0.6) is 0 Å². The number of ether oxygens (including phenoxy) is 1.